The van der Waals surface area contributed by atoms with Crippen molar-refractivity contribution >= 4 is 23.2 Å². The predicted molar refractivity (Wildman–Crippen MR) is 95.0 cm³/mol. The molecule has 1 atom stereocenters. The van der Waals surface area contributed by atoms with Gasteiger partial charge >= 0.3 is 0 Å². The Labute approximate surface area is 146 Å². The topological polar surface area (TPSA) is 74.9 Å². The molecular formula is C19H21N3O3. The van der Waals surface area contributed by atoms with Crippen molar-refractivity contribution in [2.75, 3.05) is 5.32 Å². The predicted octanol–water partition coefficient (Wildman–Crippen LogP) is 3.57. The summed E-state index contributed by atoms with van der Waals surface area (Å²) in [7, 11) is 0. The van der Waals surface area contributed by atoms with E-state index in [2.05, 4.69) is 10.4 Å². The van der Waals surface area contributed by atoms with Gasteiger partial charge in [-0.2, -0.15) is 5.10 Å². The molecule has 25 heavy (non-hydrogen) atoms. The molecule has 0 spiro atoms. The molecule has 1 aromatic heterocycles. The number of hydrogen-bond donors (Lipinski definition) is 1. The van der Waals surface area contributed by atoms with Crippen LogP contribution in [0.2, 0.25) is 0 Å². The van der Waals surface area contributed by atoms with E-state index in [1.54, 1.807) is 11.3 Å². The average Bonchev–Trinajstić information content (AvgIpc) is 3.23. The van der Waals surface area contributed by atoms with E-state index >= 15 is 0 Å². The molecule has 0 fully saturated rings. The second-order valence-corrected chi connectivity index (χ2v) is 6.38. The van der Waals surface area contributed by atoms with Crippen molar-refractivity contribution in [1.82, 2.24) is 5.01 Å². The van der Waals surface area contributed by atoms with Gasteiger partial charge in [0.1, 0.15) is 11.5 Å². The van der Waals surface area contributed by atoms with Gasteiger partial charge < -0.3 is 9.73 Å². The number of carbonyl (C=O) groups is 2. The second-order valence-electron chi connectivity index (χ2n) is 6.38. The van der Waals surface area contributed by atoms with Gasteiger partial charge in [-0.1, -0.05) is 26.0 Å². The molecular weight excluding hydrogens is 318 g/mol. The van der Waals surface area contributed by atoms with Crippen LogP contribution < -0.4 is 5.32 Å². The number of hydrogen-bond acceptors (Lipinski definition) is 4. The number of carbonyl (C=O) groups excluding carboxylic acids is 2. The molecule has 130 valence electrons. The number of nitrogens with zero attached hydrogens (tertiary/aromatic N) is 2. The largest absolute Gasteiger partial charge is 0.463 e. The molecule has 0 unspecified atom stereocenters. The van der Waals surface area contributed by atoms with Crippen LogP contribution in [-0.2, 0) is 9.59 Å². The normalized spacial score (nSPS) is 16.9. The maximum atomic E-state index is 12.6. The summed E-state index contributed by atoms with van der Waals surface area (Å²) < 4.78 is 5.44. The van der Waals surface area contributed by atoms with Crippen molar-refractivity contribution in [2.45, 2.75) is 33.2 Å². The molecule has 1 aromatic carbocycles. The van der Waals surface area contributed by atoms with Gasteiger partial charge in [-0.15, -0.1) is 0 Å². The molecule has 2 aromatic rings. The fourth-order valence-corrected chi connectivity index (χ4v) is 2.82. The van der Waals surface area contributed by atoms with Crippen LogP contribution in [0.1, 0.15) is 44.6 Å². The van der Waals surface area contributed by atoms with Crippen molar-refractivity contribution in [3.05, 3.63) is 54.0 Å². The number of amides is 2. The highest BCUT2D eigenvalue weighted by atomic mass is 16.3. The second kappa shape index (κ2) is 6.93. The van der Waals surface area contributed by atoms with E-state index < -0.39 is 0 Å². The van der Waals surface area contributed by atoms with Crippen molar-refractivity contribution < 1.29 is 14.0 Å². The zero-order valence-corrected chi connectivity index (χ0v) is 14.5. The van der Waals surface area contributed by atoms with Crippen LogP contribution in [0.25, 0.3) is 0 Å². The summed E-state index contributed by atoms with van der Waals surface area (Å²) in [5.41, 5.74) is 2.45. The van der Waals surface area contributed by atoms with Crippen molar-refractivity contribution in [3.63, 3.8) is 0 Å². The summed E-state index contributed by atoms with van der Waals surface area (Å²) in [6.45, 7) is 5.19. The van der Waals surface area contributed by atoms with Gasteiger partial charge in [0.05, 0.1) is 12.3 Å². The minimum atomic E-state index is -0.179. The molecule has 0 saturated heterocycles. The lowest BCUT2D eigenvalue weighted by atomic mass is 10.00. The fraction of sp³-hybridized carbons (Fsp3) is 0.316. The maximum Gasteiger partial charge on any atom is 0.245 e. The Morgan fingerprint density at radius 2 is 1.96 bits per heavy atom. The summed E-state index contributed by atoms with van der Waals surface area (Å²) in [6.07, 6.45) is 2.19. The number of nitrogens with one attached hydrogen (secondary N) is 1. The van der Waals surface area contributed by atoms with E-state index in [-0.39, 0.29) is 23.8 Å². The molecule has 1 aliphatic rings. The van der Waals surface area contributed by atoms with E-state index in [1.165, 1.54) is 6.92 Å². The van der Waals surface area contributed by atoms with Gasteiger partial charge in [0, 0.05) is 24.9 Å². The summed E-state index contributed by atoms with van der Waals surface area (Å²) in [4.78, 5) is 23.7. The molecule has 3 rings (SSSR count). The molecule has 2 amide bonds. The Bertz CT molecular complexity index is 792. The number of hydrazone groups is 1. The van der Waals surface area contributed by atoms with Gasteiger partial charge in [0.25, 0.3) is 0 Å². The van der Waals surface area contributed by atoms with E-state index in [0.29, 0.717) is 12.2 Å². The summed E-state index contributed by atoms with van der Waals surface area (Å²) in [5.74, 6) is 0.380. The third kappa shape index (κ3) is 3.63. The van der Waals surface area contributed by atoms with Crippen LogP contribution >= 0.6 is 0 Å². The SMILES string of the molecule is CC(=O)Nc1ccc([C@@H]2CC(c3ccco3)=NN2C(=O)C(C)C)cc1. The molecule has 0 radical (unpaired) electrons. The number of rotatable bonds is 4. The minimum Gasteiger partial charge on any atom is -0.463 e. The quantitative estimate of drug-likeness (QED) is 0.925. The molecule has 6 heteroatoms. The Hall–Kier alpha value is -2.89. The molecule has 1 N–H and O–H groups in total. The van der Waals surface area contributed by atoms with Crippen molar-refractivity contribution in [1.29, 1.82) is 0 Å². The maximum absolute atomic E-state index is 12.6. The van der Waals surface area contributed by atoms with Crippen LogP contribution in [0.4, 0.5) is 5.69 Å². The molecule has 0 bridgehead atoms. The van der Waals surface area contributed by atoms with E-state index in [9.17, 15) is 9.59 Å². The van der Waals surface area contributed by atoms with Crippen LogP contribution in [0.3, 0.4) is 0 Å². The van der Waals surface area contributed by atoms with Crippen LogP contribution in [0, 0.1) is 5.92 Å². The molecule has 6 nitrogen and oxygen atoms in total. The van der Waals surface area contributed by atoms with Crippen molar-refractivity contribution in [2.24, 2.45) is 11.0 Å². The lowest BCUT2D eigenvalue weighted by Gasteiger charge is -2.23. The lowest BCUT2D eigenvalue weighted by Crippen LogP contribution is -2.30. The molecule has 0 aliphatic carbocycles. The average molecular weight is 339 g/mol. The van der Waals surface area contributed by atoms with E-state index in [1.807, 2.05) is 50.2 Å². The first kappa shape index (κ1) is 17.0. The Morgan fingerprint density at radius 1 is 1.24 bits per heavy atom. The fourth-order valence-electron chi connectivity index (χ4n) is 2.82. The smallest absolute Gasteiger partial charge is 0.245 e. The summed E-state index contributed by atoms with van der Waals surface area (Å²) >= 11 is 0. The van der Waals surface area contributed by atoms with Crippen LogP contribution in [-0.4, -0.2) is 22.5 Å². The highest BCUT2D eigenvalue weighted by molar-refractivity contribution is 6.01. The summed E-state index contributed by atoms with van der Waals surface area (Å²) in [6, 6.07) is 11.0. The highest BCUT2D eigenvalue weighted by Crippen LogP contribution is 2.34. The van der Waals surface area contributed by atoms with Gasteiger partial charge in [-0.05, 0) is 29.8 Å². The summed E-state index contributed by atoms with van der Waals surface area (Å²) in [5, 5.41) is 8.81. The number of benzene rings is 1. The first-order valence-electron chi connectivity index (χ1n) is 8.27. The number of anilines is 1. The van der Waals surface area contributed by atoms with Crippen molar-refractivity contribution in [3.8, 4) is 0 Å². The molecule has 0 saturated carbocycles. The van der Waals surface area contributed by atoms with Gasteiger partial charge in [0.2, 0.25) is 11.8 Å². The van der Waals surface area contributed by atoms with Crippen LogP contribution in [0.5, 0.6) is 0 Å². The van der Waals surface area contributed by atoms with Crippen LogP contribution in [0.15, 0.2) is 52.2 Å². The Morgan fingerprint density at radius 3 is 2.52 bits per heavy atom. The van der Waals surface area contributed by atoms with E-state index in [0.717, 1.165) is 17.0 Å². The van der Waals surface area contributed by atoms with E-state index in [4.69, 9.17) is 4.42 Å². The lowest BCUT2D eigenvalue weighted by molar-refractivity contribution is -0.136. The third-order valence-electron chi connectivity index (χ3n) is 4.05. The first-order valence-corrected chi connectivity index (χ1v) is 8.27. The monoisotopic (exact) mass is 339 g/mol. The van der Waals surface area contributed by atoms with Gasteiger partial charge in [0.15, 0.2) is 0 Å². The third-order valence-corrected chi connectivity index (χ3v) is 4.05. The van der Waals surface area contributed by atoms with Gasteiger partial charge in [-0.3, -0.25) is 9.59 Å². The first-order chi connectivity index (χ1) is 12.0. The number of furan rings is 1. The standard InChI is InChI=1S/C19H21N3O3/c1-12(2)19(24)22-17(11-16(21-22)18-5-4-10-25-18)14-6-8-15(9-7-14)20-13(3)23/h4-10,12,17H,11H2,1-3H3,(H,20,23)/t17-/m0/s1. The minimum absolute atomic E-state index is 0.0301. The zero-order valence-electron chi connectivity index (χ0n) is 14.5. The highest BCUT2D eigenvalue weighted by Gasteiger charge is 2.34. The Kier molecular flexibility index (Phi) is 4.70. The molecule has 1 aliphatic heterocycles. The molecule has 2 heterocycles. The van der Waals surface area contributed by atoms with Gasteiger partial charge in [-0.25, -0.2) is 5.01 Å². The Balaban J connectivity index is 1.88. The zero-order chi connectivity index (χ0) is 18.0.